The molecular weight excluding hydrogens is 198 g/mol. The van der Waals surface area contributed by atoms with Crippen molar-refractivity contribution in [2.24, 2.45) is 5.92 Å². The third-order valence-electron chi connectivity index (χ3n) is 3.86. The van der Waals surface area contributed by atoms with E-state index in [2.05, 4.69) is 19.2 Å². The summed E-state index contributed by atoms with van der Waals surface area (Å²) in [5.74, 6) is 0.893. The number of ether oxygens (including phenoxy) is 1. The predicted octanol–water partition coefficient (Wildman–Crippen LogP) is 3.36. The summed E-state index contributed by atoms with van der Waals surface area (Å²) in [5.41, 5.74) is 0. The summed E-state index contributed by atoms with van der Waals surface area (Å²) in [4.78, 5) is 0. The van der Waals surface area contributed by atoms with Crippen LogP contribution in [0.3, 0.4) is 0 Å². The lowest BCUT2D eigenvalue weighted by Crippen LogP contribution is -2.43. The van der Waals surface area contributed by atoms with Crippen molar-refractivity contribution in [2.75, 3.05) is 13.7 Å². The van der Waals surface area contributed by atoms with Gasteiger partial charge in [0.2, 0.25) is 0 Å². The molecule has 1 saturated carbocycles. The van der Waals surface area contributed by atoms with Gasteiger partial charge < -0.3 is 10.1 Å². The lowest BCUT2D eigenvalue weighted by Gasteiger charge is -2.31. The zero-order chi connectivity index (χ0) is 11.8. The second-order valence-corrected chi connectivity index (χ2v) is 5.29. The van der Waals surface area contributed by atoms with Crippen LogP contribution >= 0.6 is 0 Å². The molecule has 1 aliphatic carbocycles. The molecule has 1 aliphatic rings. The highest BCUT2D eigenvalue weighted by Gasteiger charge is 2.21. The molecule has 0 heterocycles. The standard InChI is InChI=1S/C14H29NO/c1-4-8-14(11-16-3)15-12(2)13-9-6-5-7-10-13/h12-15H,4-11H2,1-3H3. The molecule has 0 bridgehead atoms. The third-order valence-corrected chi connectivity index (χ3v) is 3.86. The number of hydrogen-bond donors (Lipinski definition) is 1. The number of nitrogens with one attached hydrogen (secondary N) is 1. The van der Waals surface area contributed by atoms with Crippen LogP contribution in [0, 0.1) is 5.92 Å². The van der Waals surface area contributed by atoms with Gasteiger partial charge >= 0.3 is 0 Å². The van der Waals surface area contributed by atoms with Crippen molar-refractivity contribution in [1.29, 1.82) is 0 Å². The quantitative estimate of drug-likeness (QED) is 0.720. The molecule has 2 unspecified atom stereocenters. The van der Waals surface area contributed by atoms with Crippen LogP contribution in [-0.4, -0.2) is 25.8 Å². The summed E-state index contributed by atoms with van der Waals surface area (Å²) in [6.45, 7) is 5.45. The SMILES string of the molecule is CCCC(COC)NC(C)C1CCCCC1. The Labute approximate surface area is 101 Å². The van der Waals surface area contributed by atoms with Crippen LogP contribution in [0.15, 0.2) is 0 Å². The fourth-order valence-electron chi connectivity index (χ4n) is 2.91. The van der Waals surface area contributed by atoms with Crippen molar-refractivity contribution in [3.05, 3.63) is 0 Å². The van der Waals surface area contributed by atoms with Crippen LogP contribution in [0.2, 0.25) is 0 Å². The smallest absolute Gasteiger partial charge is 0.0615 e. The topological polar surface area (TPSA) is 21.3 Å². The van der Waals surface area contributed by atoms with Crippen LogP contribution in [0.25, 0.3) is 0 Å². The molecule has 2 heteroatoms. The van der Waals surface area contributed by atoms with E-state index in [4.69, 9.17) is 4.74 Å². The minimum atomic E-state index is 0.548. The minimum Gasteiger partial charge on any atom is -0.383 e. The summed E-state index contributed by atoms with van der Waals surface area (Å²) < 4.78 is 5.28. The van der Waals surface area contributed by atoms with Crippen LogP contribution in [0.1, 0.15) is 58.8 Å². The van der Waals surface area contributed by atoms with Crippen molar-refractivity contribution in [1.82, 2.24) is 5.32 Å². The first-order valence-corrected chi connectivity index (χ1v) is 7.03. The maximum Gasteiger partial charge on any atom is 0.0615 e. The van der Waals surface area contributed by atoms with Gasteiger partial charge in [-0.15, -0.1) is 0 Å². The van der Waals surface area contributed by atoms with E-state index < -0.39 is 0 Å². The van der Waals surface area contributed by atoms with Gasteiger partial charge in [-0.05, 0) is 32.1 Å². The molecule has 0 aromatic rings. The summed E-state index contributed by atoms with van der Waals surface area (Å²) in [5, 5.41) is 3.76. The third kappa shape index (κ3) is 4.84. The fourth-order valence-corrected chi connectivity index (χ4v) is 2.91. The van der Waals surface area contributed by atoms with E-state index in [-0.39, 0.29) is 0 Å². The molecule has 0 saturated heterocycles. The average Bonchev–Trinajstić information content (AvgIpc) is 2.31. The molecule has 0 spiro atoms. The van der Waals surface area contributed by atoms with Crippen molar-refractivity contribution in [2.45, 2.75) is 70.9 Å². The molecule has 1 N–H and O–H groups in total. The highest BCUT2D eigenvalue weighted by atomic mass is 16.5. The van der Waals surface area contributed by atoms with Gasteiger partial charge in [0.05, 0.1) is 6.61 Å². The molecule has 0 radical (unpaired) electrons. The summed E-state index contributed by atoms with van der Waals surface area (Å²) in [7, 11) is 1.80. The number of methoxy groups -OCH3 is 1. The van der Waals surface area contributed by atoms with E-state index >= 15 is 0 Å². The first-order valence-electron chi connectivity index (χ1n) is 7.03. The van der Waals surface area contributed by atoms with E-state index in [9.17, 15) is 0 Å². The summed E-state index contributed by atoms with van der Waals surface area (Å²) in [6.07, 6.45) is 9.60. The van der Waals surface area contributed by atoms with Crippen LogP contribution in [-0.2, 0) is 4.74 Å². The Morgan fingerprint density at radius 1 is 1.25 bits per heavy atom. The van der Waals surface area contributed by atoms with Crippen molar-refractivity contribution in [3.63, 3.8) is 0 Å². The molecule has 16 heavy (non-hydrogen) atoms. The Morgan fingerprint density at radius 2 is 1.94 bits per heavy atom. The monoisotopic (exact) mass is 227 g/mol. The molecule has 1 rings (SSSR count). The van der Waals surface area contributed by atoms with Crippen molar-refractivity contribution in [3.8, 4) is 0 Å². The molecule has 0 amide bonds. The van der Waals surface area contributed by atoms with E-state index in [1.165, 1.54) is 44.9 Å². The van der Waals surface area contributed by atoms with Gasteiger partial charge in [0.15, 0.2) is 0 Å². The molecule has 1 fully saturated rings. The van der Waals surface area contributed by atoms with Gasteiger partial charge in [-0.25, -0.2) is 0 Å². The van der Waals surface area contributed by atoms with Crippen LogP contribution < -0.4 is 5.32 Å². The Kier molecular flexibility index (Phi) is 7.06. The molecular formula is C14H29NO. The van der Waals surface area contributed by atoms with Gasteiger partial charge in [0.1, 0.15) is 0 Å². The molecule has 0 aromatic carbocycles. The Morgan fingerprint density at radius 3 is 2.50 bits per heavy atom. The van der Waals surface area contributed by atoms with Crippen molar-refractivity contribution < 1.29 is 4.74 Å². The first-order chi connectivity index (χ1) is 7.77. The summed E-state index contributed by atoms with van der Waals surface area (Å²) in [6, 6.07) is 1.21. The molecule has 2 nitrogen and oxygen atoms in total. The molecule has 96 valence electrons. The second-order valence-electron chi connectivity index (χ2n) is 5.29. The van der Waals surface area contributed by atoms with Crippen LogP contribution in [0.4, 0.5) is 0 Å². The minimum absolute atomic E-state index is 0.548. The predicted molar refractivity (Wildman–Crippen MR) is 69.7 cm³/mol. The Hall–Kier alpha value is -0.0800. The number of rotatable bonds is 7. The highest BCUT2D eigenvalue weighted by Crippen LogP contribution is 2.26. The Balaban J connectivity index is 2.30. The van der Waals surface area contributed by atoms with E-state index in [1.54, 1.807) is 7.11 Å². The van der Waals surface area contributed by atoms with E-state index in [0.717, 1.165) is 12.5 Å². The van der Waals surface area contributed by atoms with Gasteiger partial charge in [0.25, 0.3) is 0 Å². The maximum absolute atomic E-state index is 5.28. The normalized spacial score (nSPS) is 21.9. The second kappa shape index (κ2) is 8.08. The zero-order valence-electron chi connectivity index (χ0n) is 11.3. The van der Waals surface area contributed by atoms with Crippen LogP contribution in [0.5, 0.6) is 0 Å². The molecule has 0 aliphatic heterocycles. The average molecular weight is 227 g/mol. The van der Waals surface area contributed by atoms with Gasteiger partial charge in [-0.2, -0.15) is 0 Å². The lowest BCUT2D eigenvalue weighted by molar-refractivity contribution is 0.146. The summed E-state index contributed by atoms with van der Waals surface area (Å²) >= 11 is 0. The Bertz CT molecular complexity index is 160. The lowest BCUT2D eigenvalue weighted by atomic mass is 9.84. The molecule has 0 aromatic heterocycles. The first kappa shape index (κ1) is 14.0. The van der Waals surface area contributed by atoms with E-state index in [0.29, 0.717) is 12.1 Å². The zero-order valence-corrected chi connectivity index (χ0v) is 11.3. The van der Waals surface area contributed by atoms with Gasteiger partial charge in [-0.3, -0.25) is 0 Å². The molecule has 2 atom stereocenters. The fraction of sp³-hybridized carbons (Fsp3) is 1.00. The number of hydrogen-bond acceptors (Lipinski definition) is 2. The van der Waals surface area contributed by atoms with Gasteiger partial charge in [0, 0.05) is 19.2 Å². The largest absolute Gasteiger partial charge is 0.383 e. The van der Waals surface area contributed by atoms with Gasteiger partial charge in [-0.1, -0.05) is 32.6 Å². The van der Waals surface area contributed by atoms with Crippen molar-refractivity contribution >= 4 is 0 Å². The van der Waals surface area contributed by atoms with E-state index in [1.807, 2.05) is 0 Å². The highest BCUT2D eigenvalue weighted by molar-refractivity contribution is 4.79. The maximum atomic E-state index is 5.28.